The van der Waals surface area contributed by atoms with E-state index in [-0.39, 0.29) is 23.1 Å². The molecule has 2 aliphatic heterocycles. The monoisotopic (exact) mass is 675 g/mol. The van der Waals surface area contributed by atoms with Crippen LogP contribution in [0.3, 0.4) is 0 Å². The van der Waals surface area contributed by atoms with Gasteiger partial charge in [0.05, 0.1) is 28.3 Å². The van der Waals surface area contributed by atoms with Crippen LogP contribution in [-0.4, -0.2) is 54.1 Å². The Balaban J connectivity index is 1.22. The first-order valence-electron chi connectivity index (χ1n) is 16.3. The maximum atomic E-state index is 14.1. The van der Waals surface area contributed by atoms with Crippen molar-refractivity contribution >= 4 is 83.7 Å². The highest BCUT2D eigenvalue weighted by atomic mass is 35.5. The van der Waals surface area contributed by atoms with Gasteiger partial charge in [-0.1, -0.05) is 48.5 Å². The van der Waals surface area contributed by atoms with E-state index < -0.39 is 0 Å². The maximum Gasteiger partial charge on any atom is 0.266 e. The van der Waals surface area contributed by atoms with Crippen molar-refractivity contribution in [3.8, 4) is 11.1 Å². The average Bonchev–Trinajstić information content (AvgIpc) is 3.43. The van der Waals surface area contributed by atoms with Crippen LogP contribution in [0.2, 0.25) is 5.28 Å². The van der Waals surface area contributed by atoms with Crippen LogP contribution in [0.25, 0.3) is 42.9 Å². The molecule has 10 heteroatoms. The zero-order valence-corrected chi connectivity index (χ0v) is 28.5. The predicted octanol–water partition coefficient (Wildman–Crippen LogP) is 8.40. The number of halogens is 1. The Labute approximate surface area is 287 Å². The Morgan fingerprint density at radius 3 is 2.62 bits per heavy atom. The molecule has 2 aliphatic rings. The van der Waals surface area contributed by atoms with Crippen LogP contribution in [0, 0.1) is 6.92 Å². The molecule has 4 heterocycles. The minimum Gasteiger partial charge on any atom is -0.378 e. The average molecular weight is 676 g/mol. The molecule has 8 nitrogen and oxygen atoms in total. The van der Waals surface area contributed by atoms with Crippen molar-refractivity contribution in [1.82, 2.24) is 9.97 Å². The van der Waals surface area contributed by atoms with Crippen LogP contribution >= 0.6 is 22.9 Å². The molecule has 1 fully saturated rings. The molecule has 1 atom stereocenters. The van der Waals surface area contributed by atoms with Gasteiger partial charge in [0.25, 0.3) is 5.91 Å². The molecule has 1 N–H and O–H groups in total. The fourth-order valence-corrected chi connectivity index (χ4v) is 8.63. The summed E-state index contributed by atoms with van der Waals surface area (Å²) in [7, 11) is 0. The number of hydrogen-bond donors (Lipinski definition) is 1. The molecule has 2 aromatic heterocycles. The van der Waals surface area contributed by atoms with E-state index in [0.717, 1.165) is 73.0 Å². The highest BCUT2D eigenvalue weighted by molar-refractivity contribution is 7.21. The molecule has 4 aromatic carbocycles. The van der Waals surface area contributed by atoms with Gasteiger partial charge in [0.2, 0.25) is 11.2 Å². The Kier molecular flexibility index (Phi) is 7.78. The van der Waals surface area contributed by atoms with E-state index in [4.69, 9.17) is 16.3 Å². The van der Waals surface area contributed by atoms with E-state index in [9.17, 15) is 9.59 Å². The standard InChI is InChI=1S/C38H34ClN5O3S/c1-21-8-9-26-20-25(11-15-31(26)44(21)23(3)45)28-13-14-30(29-12-10-24-6-4-5-7-27(24)32(28)29)40-37(46)34-22(2)33-35(48-34)36(42-38(39)41-33)43-16-18-47-19-17-43/h4-7,10-15,20-21H,8-9,16-19H2,1-3H3,(H,40,46)/t21-/m0/s1. The van der Waals surface area contributed by atoms with Crippen LogP contribution in [0.1, 0.15) is 41.1 Å². The quantitative estimate of drug-likeness (QED) is 0.149. The molecular weight excluding hydrogens is 642 g/mol. The zero-order chi connectivity index (χ0) is 33.1. The summed E-state index contributed by atoms with van der Waals surface area (Å²) < 4.78 is 6.39. The summed E-state index contributed by atoms with van der Waals surface area (Å²) in [5.41, 5.74) is 6.53. The lowest BCUT2D eigenvalue weighted by Crippen LogP contribution is -2.40. The number of amides is 2. The van der Waals surface area contributed by atoms with E-state index in [0.29, 0.717) is 36.7 Å². The maximum absolute atomic E-state index is 14.1. The van der Waals surface area contributed by atoms with Gasteiger partial charge in [-0.15, -0.1) is 11.3 Å². The Hall–Kier alpha value is -4.57. The highest BCUT2D eigenvalue weighted by Crippen LogP contribution is 2.42. The number of fused-ring (bicyclic) bond motifs is 5. The molecule has 8 rings (SSSR count). The van der Waals surface area contributed by atoms with Crippen molar-refractivity contribution in [3.05, 3.63) is 88.0 Å². The molecule has 0 radical (unpaired) electrons. The highest BCUT2D eigenvalue weighted by Gasteiger charge is 2.27. The molecule has 2 amide bonds. The Morgan fingerprint density at radius 1 is 1.00 bits per heavy atom. The van der Waals surface area contributed by atoms with E-state index in [1.807, 2.05) is 24.0 Å². The predicted molar refractivity (Wildman–Crippen MR) is 196 cm³/mol. The fourth-order valence-electron chi connectivity index (χ4n) is 7.31. The van der Waals surface area contributed by atoms with Gasteiger partial charge in [0.1, 0.15) is 0 Å². The van der Waals surface area contributed by atoms with Gasteiger partial charge in [-0.25, -0.2) is 4.98 Å². The number of anilines is 3. The van der Waals surface area contributed by atoms with Crippen LogP contribution < -0.4 is 15.1 Å². The van der Waals surface area contributed by atoms with Crippen molar-refractivity contribution in [2.75, 3.05) is 41.4 Å². The summed E-state index contributed by atoms with van der Waals surface area (Å²) in [4.78, 5) is 40.3. The van der Waals surface area contributed by atoms with Gasteiger partial charge < -0.3 is 19.9 Å². The lowest BCUT2D eigenvalue weighted by molar-refractivity contribution is -0.117. The minimum absolute atomic E-state index is 0.0640. The van der Waals surface area contributed by atoms with Crippen molar-refractivity contribution in [2.45, 2.75) is 39.7 Å². The van der Waals surface area contributed by atoms with E-state index in [1.165, 1.54) is 16.9 Å². The SMILES string of the molecule is CC(=O)N1c2ccc(-c3ccc(NC(=O)c4sc5c(N6CCOCC6)nc(Cl)nc5c4C)c4ccc5ccccc5c34)cc2CC[C@@H]1C. The van der Waals surface area contributed by atoms with Crippen LogP contribution in [0.15, 0.2) is 66.7 Å². The lowest BCUT2D eigenvalue weighted by atomic mass is 9.89. The van der Waals surface area contributed by atoms with Crippen molar-refractivity contribution in [2.24, 2.45) is 0 Å². The Bertz CT molecular complexity index is 2280. The van der Waals surface area contributed by atoms with Crippen LogP contribution in [0.4, 0.5) is 17.2 Å². The van der Waals surface area contributed by atoms with Crippen molar-refractivity contribution < 1.29 is 14.3 Å². The van der Waals surface area contributed by atoms with Crippen molar-refractivity contribution in [3.63, 3.8) is 0 Å². The van der Waals surface area contributed by atoms with E-state index in [2.05, 4.69) is 81.7 Å². The van der Waals surface area contributed by atoms with Gasteiger partial charge in [0, 0.05) is 42.8 Å². The number of thiophene rings is 1. The summed E-state index contributed by atoms with van der Waals surface area (Å²) in [6, 6.07) is 23.2. The molecule has 0 saturated carbocycles. The summed E-state index contributed by atoms with van der Waals surface area (Å²) in [6.45, 7) is 8.28. The van der Waals surface area contributed by atoms with Gasteiger partial charge in [-0.3, -0.25) is 9.59 Å². The van der Waals surface area contributed by atoms with E-state index >= 15 is 0 Å². The second-order valence-electron chi connectivity index (χ2n) is 12.6. The molecular formula is C38H34ClN5O3S. The topological polar surface area (TPSA) is 87.7 Å². The third-order valence-electron chi connectivity index (χ3n) is 9.65. The fraction of sp³-hybridized carbons (Fsp3) is 0.263. The number of carbonyl (C=O) groups is 2. The second kappa shape index (κ2) is 12.1. The summed E-state index contributed by atoms with van der Waals surface area (Å²) >= 11 is 7.78. The summed E-state index contributed by atoms with van der Waals surface area (Å²) in [5, 5.41) is 7.66. The first kappa shape index (κ1) is 30.7. The molecule has 242 valence electrons. The van der Waals surface area contributed by atoms with Gasteiger partial charge in [0.15, 0.2) is 5.82 Å². The molecule has 1 saturated heterocycles. The largest absolute Gasteiger partial charge is 0.378 e. The molecule has 0 bridgehead atoms. The third-order valence-corrected chi connectivity index (χ3v) is 11.1. The molecule has 6 aromatic rings. The molecule has 0 spiro atoms. The van der Waals surface area contributed by atoms with Gasteiger partial charge in [-0.05, 0) is 94.9 Å². The number of aromatic nitrogens is 2. The number of ether oxygens (including phenoxy) is 1. The van der Waals surface area contributed by atoms with Crippen molar-refractivity contribution in [1.29, 1.82) is 0 Å². The number of nitrogens with one attached hydrogen (secondary N) is 1. The van der Waals surface area contributed by atoms with E-state index in [1.54, 1.807) is 6.92 Å². The van der Waals surface area contributed by atoms with Crippen LogP contribution in [-0.2, 0) is 16.0 Å². The number of morpholine rings is 1. The number of rotatable bonds is 4. The number of benzene rings is 4. The lowest BCUT2D eigenvalue weighted by Gasteiger charge is -2.35. The summed E-state index contributed by atoms with van der Waals surface area (Å²) in [5.74, 6) is 0.607. The number of hydrogen-bond acceptors (Lipinski definition) is 7. The minimum atomic E-state index is -0.200. The van der Waals surface area contributed by atoms with Gasteiger partial charge in [-0.2, -0.15) is 4.98 Å². The number of aryl methyl sites for hydroxylation is 2. The second-order valence-corrected chi connectivity index (χ2v) is 14.0. The first-order chi connectivity index (χ1) is 23.3. The molecule has 0 unspecified atom stereocenters. The Morgan fingerprint density at radius 2 is 1.81 bits per heavy atom. The normalized spacial score (nSPS) is 16.5. The molecule has 0 aliphatic carbocycles. The van der Waals surface area contributed by atoms with Crippen LogP contribution in [0.5, 0.6) is 0 Å². The molecule has 48 heavy (non-hydrogen) atoms. The third kappa shape index (κ3) is 5.17. The zero-order valence-electron chi connectivity index (χ0n) is 27.0. The smallest absolute Gasteiger partial charge is 0.266 e. The number of nitrogens with zero attached hydrogens (tertiary/aromatic N) is 4. The first-order valence-corrected chi connectivity index (χ1v) is 17.5. The summed E-state index contributed by atoms with van der Waals surface area (Å²) in [6.07, 6.45) is 1.84. The number of carbonyl (C=O) groups excluding carboxylic acids is 2. The van der Waals surface area contributed by atoms with Gasteiger partial charge >= 0.3 is 0 Å².